The minimum absolute atomic E-state index is 0.0388. The van der Waals surface area contributed by atoms with Gasteiger partial charge in [0.2, 0.25) is 5.91 Å². The van der Waals surface area contributed by atoms with Crippen LogP contribution in [0.15, 0.2) is 30.3 Å². The topological polar surface area (TPSA) is 52.7 Å². The lowest BCUT2D eigenvalue weighted by molar-refractivity contribution is -0.130. The van der Waals surface area contributed by atoms with Crippen molar-refractivity contribution in [3.63, 3.8) is 0 Å². The molecule has 1 atom stereocenters. The van der Waals surface area contributed by atoms with Gasteiger partial charge in [-0.3, -0.25) is 4.79 Å². The summed E-state index contributed by atoms with van der Waals surface area (Å²) in [6, 6.07) is 10.2. The van der Waals surface area contributed by atoms with Gasteiger partial charge in [-0.1, -0.05) is 30.3 Å². The van der Waals surface area contributed by atoms with E-state index in [2.05, 4.69) is 17.4 Å². The van der Waals surface area contributed by atoms with Crippen molar-refractivity contribution in [2.75, 3.05) is 32.7 Å². The molecule has 1 aromatic carbocycles. The Morgan fingerprint density at radius 2 is 1.74 bits per heavy atom. The Hall–Kier alpha value is -2.04. The fraction of sp³-hybridized carbons (Fsp3) is 0.556. The summed E-state index contributed by atoms with van der Waals surface area (Å²) in [5.74, 6) is 0.441. The largest absolute Gasteiger partial charge is 0.341 e. The number of carbonyl (C=O) groups excluding carboxylic acids is 2. The lowest BCUT2D eigenvalue weighted by atomic mass is 9.99. The number of nitrogens with one attached hydrogen (secondary N) is 1. The van der Waals surface area contributed by atoms with E-state index in [9.17, 15) is 9.59 Å². The van der Waals surface area contributed by atoms with E-state index < -0.39 is 0 Å². The summed E-state index contributed by atoms with van der Waals surface area (Å²) in [4.78, 5) is 28.0. The molecule has 1 unspecified atom stereocenters. The summed E-state index contributed by atoms with van der Waals surface area (Å²) in [6.07, 6.45) is 4.33. The minimum Gasteiger partial charge on any atom is -0.341 e. The van der Waals surface area contributed by atoms with Crippen molar-refractivity contribution in [3.8, 4) is 0 Å². The Labute approximate surface area is 137 Å². The van der Waals surface area contributed by atoms with Crippen molar-refractivity contribution >= 4 is 11.9 Å². The van der Waals surface area contributed by atoms with Gasteiger partial charge in [-0.2, -0.15) is 0 Å². The Kier molecular flexibility index (Phi) is 5.16. The van der Waals surface area contributed by atoms with Gasteiger partial charge in [0.25, 0.3) is 0 Å². The Bertz CT molecular complexity index is 540. The zero-order valence-corrected chi connectivity index (χ0v) is 13.5. The van der Waals surface area contributed by atoms with Crippen molar-refractivity contribution in [1.82, 2.24) is 15.1 Å². The molecule has 2 heterocycles. The predicted molar refractivity (Wildman–Crippen MR) is 89.2 cm³/mol. The van der Waals surface area contributed by atoms with E-state index in [1.807, 2.05) is 28.0 Å². The normalized spacial score (nSPS) is 21.3. The molecule has 2 fully saturated rings. The SMILES string of the molecule is O=C(CNC(=O)N1CCC(c2ccccc2)C1)N1CCCCC1. The molecular weight excluding hydrogens is 290 g/mol. The number of hydrogen-bond donors (Lipinski definition) is 1. The fourth-order valence-electron chi connectivity index (χ4n) is 3.46. The smallest absolute Gasteiger partial charge is 0.317 e. The van der Waals surface area contributed by atoms with E-state index in [0.717, 1.165) is 45.4 Å². The van der Waals surface area contributed by atoms with Gasteiger partial charge in [0.05, 0.1) is 6.54 Å². The second-order valence-electron chi connectivity index (χ2n) is 6.44. The molecule has 2 aliphatic rings. The molecule has 0 aliphatic carbocycles. The van der Waals surface area contributed by atoms with Crippen molar-refractivity contribution in [1.29, 1.82) is 0 Å². The quantitative estimate of drug-likeness (QED) is 0.929. The number of hydrogen-bond acceptors (Lipinski definition) is 2. The number of amides is 3. The van der Waals surface area contributed by atoms with Crippen LogP contribution in [0, 0.1) is 0 Å². The number of nitrogens with zero attached hydrogens (tertiary/aromatic N) is 2. The summed E-state index contributed by atoms with van der Waals surface area (Å²) in [5.41, 5.74) is 1.28. The van der Waals surface area contributed by atoms with Crippen LogP contribution in [0.2, 0.25) is 0 Å². The van der Waals surface area contributed by atoms with Crippen LogP contribution < -0.4 is 5.32 Å². The third-order valence-electron chi connectivity index (χ3n) is 4.85. The van der Waals surface area contributed by atoms with Gasteiger partial charge < -0.3 is 15.1 Å². The van der Waals surface area contributed by atoms with E-state index >= 15 is 0 Å². The van der Waals surface area contributed by atoms with Crippen LogP contribution in [0.1, 0.15) is 37.2 Å². The van der Waals surface area contributed by atoms with Crippen LogP contribution in [0.3, 0.4) is 0 Å². The highest BCUT2D eigenvalue weighted by Crippen LogP contribution is 2.26. The zero-order valence-electron chi connectivity index (χ0n) is 13.5. The molecule has 3 rings (SSSR count). The second kappa shape index (κ2) is 7.49. The van der Waals surface area contributed by atoms with Crippen LogP contribution in [-0.2, 0) is 4.79 Å². The van der Waals surface area contributed by atoms with Gasteiger partial charge >= 0.3 is 6.03 Å². The highest BCUT2D eigenvalue weighted by atomic mass is 16.2. The van der Waals surface area contributed by atoms with E-state index in [-0.39, 0.29) is 18.5 Å². The highest BCUT2D eigenvalue weighted by Gasteiger charge is 2.27. The first-order valence-corrected chi connectivity index (χ1v) is 8.59. The number of rotatable bonds is 3. The van der Waals surface area contributed by atoms with Gasteiger partial charge in [0, 0.05) is 32.1 Å². The summed E-state index contributed by atoms with van der Waals surface area (Å²) < 4.78 is 0. The lowest BCUT2D eigenvalue weighted by Crippen LogP contribution is -2.46. The Balaban J connectivity index is 1.45. The predicted octanol–water partition coefficient (Wildman–Crippen LogP) is 2.20. The average molecular weight is 315 g/mol. The van der Waals surface area contributed by atoms with Gasteiger partial charge in [0.15, 0.2) is 0 Å². The van der Waals surface area contributed by atoms with Crippen molar-refractivity contribution < 1.29 is 9.59 Å². The summed E-state index contributed by atoms with van der Waals surface area (Å²) >= 11 is 0. The van der Waals surface area contributed by atoms with Crippen molar-refractivity contribution in [3.05, 3.63) is 35.9 Å². The van der Waals surface area contributed by atoms with Crippen molar-refractivity contribution in [2.24, 2.45) is 0 Å². The zero-order chi connectivity index (χ0) is 16.1. The van der Waals surface area contributed by atoms with E-state index in [1.54, 1.807) is 0 Å². The molecular formula is C18H25N3O2. The molecule has 0 spiro atoms. The molecule has 5 heteroatoms. The fourth-order valence-corrected chi connectivity index (χ4v) is 3.46. The maximum Gasteiger partial charge on any atom is 0.317 e. The molecule has 1 N–H and O–H groups in total. The maximum atomic E-state index is 12.3. The standard InChI is InChI=1S/C18H25N3O2/c22-17(20-10-5-2-6-11-20)13-19-18(23)21-12-9-16(14-21)15-7-3-1-4-8-15/h1,3-4,7-8,16H,2,5-6,9-14H2,(H,19,23). The summed E-state index contributed by atoms with van der Waals surface area (Å²) in [7, 11) is 0. The lowest BCUT2D eigenvalue weighted by Gasteiger charge is -2.27. The molecule has 1 aromatic rings. The molecule has 2 saturated heterocycles. The highest BCUT2D eigenvalue weighted by molar-refractivity contribution is 5.84. The van der Waals surface area contributed by atoms with Crippen LogP contribution in [-0.4, -0.2) is 54.5 Å². The van der Waals surface area contributed by atoms with Gasteiger partial charge in [-0.25, -0.2) is 4.79 Å². The van der Waals surface area contributed by atoms with Crippen molar-refractivity contribution in [2.45, 2.75) is 31.6 Å². The number of likely N-dealkylation sites (tertiary alicyclic amines) is 2. The monoisotopic (exact) mass is 315 g/mol. The van der Waals surface area contributed by atoms with E-state index in [4.69, 9.17) is 0 Å². The van der Waals surface area contributed by atoms with Gasteiger partial charge in [-0.15, -0.1) is 0 Å². The molecule has 0 saturated carbocycles. The first kappa shape index (κ1) is 15.8. The molecule has 5 nitrogen and oxygen atoms in total. The van der Waals surface area contributed by atoms with Crippen LogP contribution >= 0.6 is 0 Å². The third-order valence-corrected chi connectivity index (χ3v) is 4.85. The average Bonchev–Trinajstić information content (AvgIpc) is 3.11. The first-order chi connectivity index (χ1) is 11.2. The number of benzene rings is 1. The number of urea groups is 1. The Morgan fingerprint density at radius 3 is 2.48 bits per heavy atom. The van der Waals surface area contributed by atoms with E-state index in [1.165, 1.54) is 12.0 Å². The molecule has 0 bridgehead atoms. The molecule has 124 valence electrons. The molecule has 0 radical (unpaired) electrons. The van der Waals surface area contributed by atoms with Gasteiger partial charge in [-0.05, 0) is 31.2 Å². The molecule has 2 aliphatic heterocycles. The second-order valence-corrected chi connectivity index (χ2v) is 6.44. The van der Waals surface area contributed by atoms with Crippen LogP contribution in [0.25, 0.3) is 0 Å². The summed E-state index contributed by atoms with van der Waals surface area (Å²) in [6.45, 7) is 3.26. The van der Waals surface area contributed by atoms with E-state index in [0.29, 0.717) is 5.92 Å². The molecule has 0 aromatic heterocycles. The van der Waals surface area contributed by atoms with Gasteiger partial charge in [0.1, 0.15) is 0 Å². The summed E-state index contributed by atoms with van der Waals surface area (Å²) in [5, 5.41) is 2.79. The third kappa shape index (κ3) is 4.03. The Morgan fingerprint density at radius 1 is 1.00 bits per heavy atom. The minimum atomic E-state index is -0.117. The van der Waals surface area contributed by atoms with Crippen LogP contribution in [0.4, 0.5) is 4.79 Å². The van der Waals surface area contributed by atoms with Crippen LogP contribution in [0.5, 0.6) is 0 Å². The first-order valence-electron chi connectivity index (χ1n) is 8.59. The maximum absolute atomic E-state index is 12.3. The number of carbonyl (C=O) groups is 2. The number of piperidine rings is 1. The molecule has 3 amide bonds. The molecule has 23 heavy (non-hydrogen) atoms.